The summed E-state index contributed by atoms with van der Waals surface area (Å²) in [6.07, 6.45) is 1.29. The third kappa shape index (κ3) is 22.2. The van der Waals surface area contributed by atoms with Gasteiger partial charge >= 0.3 is 11.9 Å². The lowest BCUT2D eigenvalue weighted by atomic mass is 9.75. The standard InChI is InChI=1S/C38H64O14/c1-4-34(33-8-6-5-7-9-33)36-35(37(39)52-38(36)40)30-32(2)31-51-29-28-50-27-26-49-25-24-48-23-22-47-21-20-46-19-18-45-17-16-44-15-14-43-13-12-42-11-10-41-3/h5-9,32,34-36H,4,10-31H2,1-3H3. The minimum Gasteiger partial charge on any atom is -0.393 e. The molecule has 1 fully saturated rings. The van der Waals surface area contributed by atoms with Gasteiger partial charge in [0.2, 0.25) is 0 Å². The van der Waals surface area contributed by atoms with E-state index in [2.05, 4.69) is 0 Å². The highest BCUT2D eigenvalue weighted by Crippen LogP contribution is 2.41. The van der Waals surface area contributed by atoms with Crippen molar-refractivity contribution in [1.82, 2.24) is 0 Å². The first-order valence-corrected chi connectivity index (χ1v) is 18.6. The Kier molecular flexibility index (Phi) is 28.7. The Morgan fingerprint density at radius 2 is 0.904 bits per heavy atom. The molecule has 52 heavy (non-hydrogen) atoms. The van der Waals surface area contributed by atoms with E-state index in [0.29, 0.717) is 145 Å². The zero-order chi connectivity index (χ0) is 37.3. The molecule has 0 bridgehead atoms. The number of carbonyl (C=O) groups excluding carboxylic acids is 2. The van der Waals surface area contributed by atoms with Crippen molar-refractivity contribution in [3.8, 4) is 0 Å². The predicted octanol–water partition coefficient (Wildman–Crippen LogP) is 3.33. The van der Waals surface area contributed by atoms with Crippen LogP contribution in [-0.2, 0) is 66.4 Å². The highest BCUT2D eigenvalue weighted by Gasteiger charge is 2.48. The van der Waals surface area contributed by atoms with Crippen LogP contribution in [0.3, 0.4) is 0 Å². The molecule has 0 radical (unpaired) electrons. The van der Waals surface area contributed by atoms with Crippen LogP contribution in [0, 0.1) is 17.8 Å². The highest BCUT2D eigenvalue weighted by atomic mass is 16.6. The Morgan fingerprint density at radius 3 is 1.27 bits per heavy atom. The number of rotatable bonds is 37. The van der Waals surface area contributed by atoms with Crippen LogP contribution in [0.4, 0.5) is 0 Å². The zero-order valence-electron chi connectivity index (χ0n) is 31.7. The molecule has 14 nitrogen and oxygen atoms in total. The van der Waals surface area contributed by atoms with Gasteiger partial charge < -0.3 is 56.8 Å². The Hall–Kier alpha value is -2.08. The molecule has 14 heteroatoms. The van der Waals surface area contributed by atoms with Gasteiger partial charge in [0.05, 0.1) is 144 Å². The van der Waals surface area contributed by atoms with Gasteiger partial charge in [0, 0.05) is 13.7 Å². The summed E-state index contributed by atoms with van der Waals surface area (Å²) in [5.41, 5.74) is 1.06. The second kappa shape index (κ2) is 32.4. The summed E-state index contributed by atoms with van der Waals surface area (Å²) in [5, 5.41) is 0. The lowest BCUT2D eigenvalue weighted by molar-refractivity contribution is -0.154. The van der Waals surface area contributed by atoms with Crippen LogP contribution in [0.2, 0.25) is 0 Å². The predicted molar refractivity (Wildman–Crippen MR) is 191 cm³/mol. The van der Waals surface area contributed by atoms with Gasteiger partial charge in [0.25, 0.3) is 0 Å². The van der Waals surface area contributed by atoms with Crippen LogP contribution in [0.25, 0.3) is 0 Å². The maximum atomic E-state index is 12.6. The van der Waals surface area contributed by atoms with E-state index < -0.39 is 23.8 Å². The van der Waals surface area contributed by atoms with Gasteiger partial charge in [0.1, 0.15) is 0 Å². The molecule has 0 aromatic heterocycles. The van der Waals surface area contributed by atoms with Gasteiger partial charge in [-0.3, -0.25) is 9.59 Å². The zero-order valence-corrected chi connectivity index (χ0v) is 31.7. The summed E-state index contributed by atoms with van der Waals surface area (Å²) in [7, 11) is 1.64. The molecule has 0 N–H and O–H groups in total. The highest BCUT2D eigenvalue weighted by molar-refractivity contribution is 5.97. The third-order valence-electron chi connectivity index (χ3n) is 8.15. The molecule has 0 aliphatic carbocycles. The first-order chi connectivity index (χ1) is 25.6. The third-order valence-corrected chi connectivity index (χ3v) is 8.15. The van der Waals surface area contributed by atoms with Crippen molar-refractivity contribution in [2.45, 2.75) is 32.6 Å². The first-order valence-electron chi connectivity index (χ1n) is 18.6. The maximum Gasteiger partial charge on any atom is 0.318 e. The summed E-state index contributed by atoms with van der Waals surface area (Å²) in [6, 6.07) is 9.87. The molecule has 0 amide bonds. The van der Waals surface area contributed by atoms with Gasteiger partial charge in [0.15, 0.2) is 0 Å². The second-order valence-electron chi connectivity index (χ2n) is 12.2. The molecule has 1 saturated heterocycles. The topological polar surface area (TPSA) is 145 Å². The molecule has 4 unspecified atom stereocenters. The normalized spacial score (nSPS) is 17.1. The van der Waals surface area contributed by atoms with E-state index >= 15 is 0 Å². The molecular weight excluding hydrogens is 680 g/mol. The fraction of sp³-hybridized carbons (Fsp3) is 0.789. The molecule has 1 aliphatic rings. The van der Waals surface area contributed by atoms with Gasteiger partial charge in [-0.1, -0.05) is 44.2 Å². The van der Waals surface area contributed by atoms with Gasteiger partial charge in [-0.2, -0.15) is 0 Å². The Bertz CT molecular complexity index is 984. The maximum absolute atomic E-state index is 12.6. The number of methoxy groups -OCH3 is 1. The van der Waals surface area contributed by atoms with Crippen LogP contribution < -0.4 is 0 Å². The molecule has 0 spiro atoms. The Labute approximate surface area is 310 Å². The Balaban J connectivity index is 1.29. The van der Waals surface area contributed by atoms with Crippen LogP contribution >= 0.6 is 0 Å². The number of hydrogen-bond donors (Lipinski definition) is 0. The molecule has 0 saturated carbocycles. The van der Waals surface area contributed by atoms with Crippen LogP contribution in [-0.4, -0.2) is 158 Å². The van der Waals surface area contributed by atoms with Crippen molar-refractivity contribution in [3.05, 3.63) is 35.9 Å². The van der Waals surface area contributed by atoms with Crippen molar-refractivity contribution in [1.29, 1.82) is 0 Å². The van der Waals surface area contributed by atoms with E-state index in [1.54, 1.807) is 7.11 Å². The van der Waals surface area contributed by atoms with Crippen molar-refractivity contribution in [2.75, 3.05) is 146 Å². The largest absolute Gasteiger partial charge is 0.393 e. The smallest absolute Gasteiger partial charge is 0.318 e. The summed E-state index contributed by atoms with van der Waals surface area (Å²) in [6.45, 7) is 14.6. The van der Waals surface area contributed by atoms with Crippen molar-refractivity contribution >= 4 is 11.9 Å². The lowest BCUT2D eigenvalue weighted by Crippen LogP contribution is -2.27. The minimum absolute atomic E-state index is 0.0543. The molecule has 4 atom stereocenters. The number of cyclic esters (lactones) is 2. The molecule has 300 valence electrons. The summed E-state index contributed by atoms with van der Waals surface area (Å²) < 4.78 is 65.0. The van der Waals surface area contributed by atoms with E-state index in [-0.39, 0.29) is 11.8 Å². The van der Waals surface area contributed by atoms with Crippen molar-refractivity contribution in [3.63, 3.8) is 0 Å². The number of benzene rings is 1. The molecular formula is C38H64O14. The summed E-state index contributed by atoms with van der Waals surface area (Å²) in [5.74, 6) is -1.74. The lowest BCUT2D eigenvalue weighted by Gasteiger charge is -2.25. The van der Waals surface area contributed by atoms with Gasteiger partial charge in [-0.25, -0.2) is 0 Å². The Morgan fingerprint density at radius 1 is 0.538 bits per heavy atom. The van der Waals surface area contributed by atoms with E-state index in [9.17, 15) is 9.59 Å². The minimum atomic E-state index is -0.468. The van der Waals surface area contributed by atoms with Crippen molar-refractivity contribution < 1.29 is 66.4 Å². The van der Waals surface area contributed by atoms with E-state index in [4.69, 9.17) is 56.8 Å². The van der Waals surface area contributed by atoms with E-state index in [0.717, 1.165) is 12.0 Å². The van der Waals surface area contributed by atoms with Crippen molar-refractivity contribution in [2.24, 2.45) is 17.8 Å². The average Bonchev–Trinajstić information content (AvgIpc) is 3.42. The molecule has 1 aromatic rings. The monoisotopic (exact) mass is 744 g/mol. The number of carbonyl (C=O) groups is 2. The van der Waals surface area contributed by atoms with Crippen LogP contribution in [0.1, 0.15) is 38.2 Å². The quantitative estimate of drug-likeness (QED) is 0.0558. The van der Waals surface area contributed by atoms with Crippen LogP contribution in [0.5, 0.6) is 0 Å². The second-order valence-corrected chi connectivity index (χ2v) is 12.2. The fourth-order valence-corrected chi connectivity index (χ4v) is 5.55. The first kappa shape index (κ1) is 46.1. The molecule has 1 aliphatic heterocycles. The fourth-order valence-electron chi connectivity index (χ4n) is 5.55. The molecule has 1 heterocycles. The molecule has 2 rings (SSSR count). The number of hydrogen-bond acceptors (Lipinski definition) is 14. The average molecular weight is 745 g/mol. The van der Waals surface area contributed by atoms with Gasteiger partial charge in [-0.15, -0.1) is 0 Å². The van der Waals surface area contributed by atoms with E-state index in [1.165, 1.54) is 0 Å². The summed E-state index contributed by atoms with van der Waals surface area (Å²) in [4.78, 5) is 25.2. The van der Waals surface area contributed by atoms with Gasteiger partial charge in [-0.05, 0) is 30.2 Å². The SMILES string of the molecule is CCC(c1ccccc1)C1C(=O)OC(=O)C1CC(C)COCCOCCOCCOCCOCCOCCOCCOCCOCCOCCOC. The summed E-state index contributed by atoms with van der Waals surface area (Å²) >= 11 is 0. The van der Waals surface area contributed by atoms with E-state index in [1.807, 2.05) is 44.2 Å². The number of ether oxygens (including phenoxy) is 12. The number of esters is 2. The van der Waals surface area contributed by atoms with Crippen LogP contribution in [0.15, 0.2) is 30.3 Å². The molecule has 1 aromatic carbocycles.